The van der Waals surface area contributed by atoms with Crippen LogP contribution in [0.1, 0.15) is 22.6 Å². The van der Waals surface area contributed by atoms with Gasteiger partial charge in [0.1, 0.15) is 6.54 Å². The van der Waals surface area contributed by atoms with E-state index in [4.69, 9.17) is 0 Å². The van der Waals surface area contributed by atoms with Crippen LogP contribution in [-0.4, -0.2) is 45.3 Å². The summed E-state index contributed by atoms with van der Waals surface area (Å²) in [7, 11) is 0. The molecule has 0 bridgehead atoms. The van der Waals surface area contributed by atoms with Gasteiger partial charge in [0.05, 0.1) is 21.8 Å². The third-order valence-electron chi connectivity index (χ3n) is 5.13. The molecule has 3 aromatic rings. The number of hydrogen-bond acceptors (Lipinski definition) is 5. The molecular formula is C21H18N4O2S. The normalized spacial score (nSPS) is 17.4. The molecule has 1 aliphatic carbocycles. The van der Waals surface area contributed by atoms with Gasteiger partial charge in [-0.3, -0.25) is 14.6 Å². The predicted octanol–water partition coefficient (Wildman–Crippen LogP) is 2.98. The first-order valence-corrected chi connectivity index (χ1v) is 10.0. The minimum atomic E-state index is -0.214. The molecule has 0 radical (unpaired) electrons. The van der Waals surface area contributed by atoms with E-state index in [-0.39, 0.29) is 23.9 Å². The van der Waals surface area contributed by atoms with Crippen LogP contribution in [-0.2, 0) is 4.79 Å². The minimum absolute atomic E-state index is 0.0831. The average Bonchev–Trinajstić information content (AvgIpc) is 3.30. The van der Waals surface area contributed by atoms with Crippen molar-refractivity contribution in [3.63, 3.8) is 0 Å². The maximum Gasteiger partial charge on any atom is 0.283 e. The zero-order valence-electron chi connectivity index (χ0n) is 15.1. The molecule has 0 atom stereocenters. The Bertz CT molecular complexity index is 988. The Morgan fingerprint density at radius 3 is 2.61 bits per heavy atom. The van der Waals surface area contributed by atoms with Gasteiger partial charge in [0.2, 0.25) is 5.91 Å². The van der Waals surface area contributed by atoms with E-state index >= 15 is 0 Å². The summed E-state index contributed by atoms with van der Waals surface area (Å²) in [5.41, 5.74) is 2.26. The molecule has 2 aromatic heterocycles. The molecule has 1 spiro atoms. The second kappa shape index (κ2) is 6.53. The van der Waals surface area contributed by atoms with E-state index < -0.39 is 0 Å². The smallest absolute Gasteiger partial charge is 0.283 e. The number of aromatic nitrogens is 2. The third kappa shape index (κ3) is 3.07. The molecular weight excluding hydrogens is 372 g/mol. The highest BCUT2D eigenvalue weighted by Gasteiger charge is 2.49. The monoisotopic (exact) mass is 390 g/mol. The third-order valence-corrected chi connectivity index (χ3v) is 6.19. The Hall–Kier alpha value is -3.06. The van der Waals surface area contributed by atoms with Gasteiger partial charge < -0.3 is 10.2 Å². The lowest BCUT2D eigenvalue weighted by atomic mass is 10.1. The van der Waals surface area contributed by atoms with Crippen LogP contribution < -0.4 is 5.32 Å². The molecule has 1 aliphatic heterocycles. The summed E-state index contributed by atoms with van der Waals surface area (Å²) < 4.78 is 0. The number of rotatable bonds is 3. The first kappa shape index (κ1) is 17.1. The lowest BCUT2D eigenvalue weighted by molar-refractivity contribution is -0.125. The highest BCUT2D eigenvalue weighted by molar-refractivity contribution is 7.17. The van der Waals surface area contributed by atoms with Gasteiger partial charge >= 0.3 is 0 Å². The fraction of sp³-hybridized carbons (Fsp3) is 0.238. The number of pyridine rings is 1. The van der Waals surface area contributed by atoms with E-state index in [2.05, 4.69) is 15.3 Å². The first-order chi connectivity index (χ1) is 13.6. The van der Waals surface area contributed by atoms with Crippen molar-refractivity contribution < 1.29 is 9.59 Å². The zero-order valence-corrected chi connectivity index (χ0v) is 15.9. The van der Waals surface area contributed by atoms with E-state index in [0.29, 0.717) is 11.6 Å². The lowest BCUT2D eigenvalue weighted by Crippen LogP contribution is -2.57. The number of piperazine rings is 1. The molecule has 28 heavy (non-hydrogen) atoms. The Morgan fingerprint density at radius 2 is 1.89 bits per heavy atom. The van der Waals surface area contributed by atoms with Crippen molar-refractivity contribution in [2.45, 2.75) is 18.4 Å². The molecule has 2 fully saturated rings. The number of benzene rings is 1. The molecule has 6 nitrogen and oxygen atoms in total. The molecule has 2 amide bonds. The summed E-state index contributed by atoms with van der Waals surface area (Å²) in [5.74, 6) is -0.285. The van der Waals surface area contributed by atoms with Gasteiger partial charge in [-0.2, -0.15) is 0 Å². The average molecular weight is 390 g/mol. The summed E-state index contributed by atoms with van der Waals surface area (Å²) >= 11 is 1.33. The SMILES string of the molecule is O=C1CN(C(=O)c2nc(-c3ccccc3)c(-c3ccccn3)s2)CC2(CC2)N1. The van der Waals surface area contributed by atoms with Gasteiger partial charge in [0.15, 0.2) is 5.01 Å². The standard InChI is InChI=1S/C21H18N4O2S/c26-16-12-25(13-21(24-16)9-10-21)20(27)19-23-17(14-6-2-1-3-7-14)18(28-19)15-8-4-5-11-22-15/h1-8,11H,9-10,12-13H2,(H,24,26). The van der Waals surface area contributed by atoms with E-state index in [9.17, 15) is 9.59 Å². The summed E-state index contributed by atoms with van der Waals surface area (Å²) in [6.07, 6.45) is 3.58. The Balaban J connectivity index is 1.54. The quantitative estimate of drug-likeness (QED) is 0.746. The summed E-state index contributed by atoms with van der Waals surface area (Å²) in [5, 5.41) is 3.41. The van der Waals surface area contributed by atoms with Gasteiger partial charge in [0, 0.05) is 18.3 Å². The van der Waals surface area contributed by atoms with E-state index in [0.717, 1.165) is 34.7 Å². The van der Waals surface area contributed by atoms with Gasteiger partial charge in [-0.1, -0.05) is 36.4 Å². The topological polar surface area (TPSA) is 75.2 Å². The van der Waals surface area contributed by atoms with Crippen LogP contribution in [0.2, 0.25) is 0 Å². The fourth-order valence-corrected chi connectivity index (χ4v) is 4.59. The Morgan fingerprint density at radius 1 is 1.11 bits per heavy atom. The van der Waals surface area contributed by atoms with E-state index in [1.165, 1.54) is 11.3 Å². The van der Waals surface area contributed by atoms with Gasteiger partial charge in [-0.05, 0) is 25.0 Å². The van der Waals surface area contributed by atoms with Crippen LogP contribution in [0, 0.1) is 0 Å². The summed E-state index contributed by atoms with van der Waals surface area (Å²) in [6, 6.07) is 15.5. The van der Waals surface area contributed by atoms with Crippen LogP contribution in [0.4, 0.5) is 0 Å². The fourth-order valence-electron chi connectivity index (χ4n) is 3.56. The highest BCUT2D eigenvalue weighted by atomic mass is 32.1. The van der Waals surface area contributed by atoms with Crippen molar-refractivity contribution >= 4 is 23.2 Å². The van der Waals surface area contributed by atoms with E-state index in [1.807, 2.05) is 48.5 Å². The van der Waals surface area contributed by atoms with Crippen LogP contribution in [0.25, 0.3) is 21.8 Å². The molecule has 1 saturated heterocycles. The highest BCUT2D eigenvalue weighted by Crippen LogP contribution is 2.39. The molecule has 0 unspecified atom stereocenters. The molecule has 5 rings (SSSR count). The van der Waals surface area contributed by atoms with Gasteiger partial charge in [-0.25, -0.2) is 4.98 Å². The zero-order chi connectivity index (χ0) is 19.1. The van der Waals surface area contributed by atoms with Crippen molar-refractivity contribution in [3.05, 3.63) is 59.7 Å². The number of nitrogens with zero attached hydrogens (tertiary/aromatic N) is 3. The van der Waals surface area contributed by atoms with Crippen molar-refractivity contribution in [2.75, 3.05) is 13.1 Å². The molecule has 140 valence electrons. The first-order valence-electron chi connectivity index (χ1n) is 9.22. The molecule has 7 heteroatoms. The predicted molar refractivity (Wildman–Crippen MR) is 107 cm³/mol. The number of amides is 2. The molecule has 1 aromatic carbocycles. The van der Waals surface area contributed by atoms with Crippen molar-refractivity contribution in [2.24, 2.45) is 0 Å². The maximum absolute atomic E-state index is 13.2. The molecule has 1 saturated carbocycles. The summed E-state index contributed by atoms with van der Waals surface area (Å²) in [4.78, 5) is 36.8. The van der Waals surface area contributed by atoms with Crippen LogP contribution in [0.3, 0.4) is 0 Å². The maximum atomic E-state index is 13.2. The van der Waals surface area contributed by atoms with Crippen molar-refractivity contribution in [3.8, 4) is 21.8 Å². The minimum Gasteiger partial charge on any atom is -0.347 e. The van der Waals surface area contributed by atoms with Crippen LogP contribution in [0.5, 0.6) is 0 Å². The Kier molecular flexibility index (Phi) is 3.98. The second-order valence-electron chi connectivity index (χ2n) is 7.27. The molecule has 1 N–H and O–H groups in total. The lowest BCUT2D eigenvalue weighted by Gasteiger charge is -2.32. The number of carbonyl (C=O) groups excluding carboxylic acids is 2. The van der Waals surface area contributed by atoms with Crippen molar-refractivity contribution in [1.82, 2.24) is 20.2 Å². The number of thiazole rings is 1. The molecule has 3 heterocycles. The van der Waals surface area contributed by atoms with Crippen LogP contribution >= 0.6 is 11.3 Å². The van der Waals surface area contributed by atoms with Gasteiger partial charge in [-0.15, -0.1) is 11.3 Å². The van der Waals surface area contributed by atoms with Crippen LogP contribution in [0.15, 0.2) is 54.7 Å². The largest absolute Gasteiger partial charge is 0.347 e. The number of hydrogen-bond donors (Lipinski definition) is 1. The summed E-state index contributed by atoms with van der Waals surface area (Å²) in [6.45, 7) is 0.635. The Labute approximate surface area is 166 Å². The second-order valence-corrected chi connectivity index (χ2v) is 8.27. The molecule has 2 aliphatic rings. The van der Waals surface area contributed by atoms with Crippen molar-refractivity contribution in [1.29, 1.82) is 0 Å². The number of carbonyl (C=O) groups is 2. The van der Waals surface area contributed by atoms with E-state index in [1.54, 1.807) is 11.1 Å². The van der Waals surface area contributed by atoms with Gasteiger partial charge in [0.25, 0.3) is 5.91 Å². The number of nitrogens with one attached hydrogen (secondary N) is 1.